The van der Waals surface area contributed by atoms with Gasteiger partial charge in [-0.3, -0.25) is 14.5 Å². The molecule has 9 nitrogen and oxygen atoms in total. The van der Waals surface area contributed by atoms with Crippen LogP contribution in [0.5, 0.6) is 0 Å². The van der Waals surface area contributed by atoms with Crippen LogP contribution in [-0.2, 0) is 20.9 Å². The third-order valence-corrected chi connectivity index (χ3v) is 6.42. The molecule has 0 spiro atoms. The topological polar surface area (TPSA) is 106 Å². The molecule has 0 saturated carbocycles. The summed E-state index contributed by atoms with van der Waals surface area (Å²) in [6.07, 6.45) is 3.41. The number of oxime groups is 1. The lowest BCUT2D eigenvalue weighted by atomic mass is 9.90. The van der Waals surface area contributed by atoms with Crippen LogP contribution in [0.15, 0.2) is 47.9 Å². The maximum atomic E-state index is 13.7. The Morgan fingerprint density at radius 2 is 1.91 bits per heavy atom. The minimum absolute atomic E-state index is 0.0225. The Hall–Kier alpha value is -3.56. The molecule has 1 aliphatic rings. The molecule has 0 atom stereocenters. The minimum atomic E-state index is -0.721. The van der Waals surface area contributed by atoms with Gasteiger partial charge in [-0.1, -0.05) is 5.16 Å². The second-order valence-electron chi connectivity index (χ2n) is 8.98. The van der Waals surface area contributed by atoms with Crippen LogP contribution in [0, 0.1) is 0 Å². The van der Waals surface area contributed by atoms with E-state index in [0.717, 1.165) is 5.52 Å². The fraction of sp³-hybridized carbons (Fsp3) is 0.385. The highest BCUT2D eigenvalue weighted by Crippen LogP contribution is 2.28. The maximum absolute atomic E-state index is 13.7. The average Bonchev–Trinajstić information content (AvgIpc) is 3.51. The minimum Gasteiger partial charge on any atom is -0.379 e. The smallest absolute Gasteiger partial charge is 0.332 e. The summed E-state index contributed by atoms with van der Waals surface area (Å²) in [4.78, 5) is 48.5. The van der Waals surface area contributed by atoms with Gasteiger partial charge in [0.05, 0.1) is 24.4 Å². The van der Waals surface area contributed by atoms with Gasteiger partial charge in [-0.05, 0) is 51.1 Å². The molecule has 1 fully saturated rings. The highest BCUT2D eigenvalue weighted by atomic mass is 16.7. The molecule has 9 heteroatoms. The number of nitrogens with one attached hydrogen (secondary N) is 1. The van der Waals surface area contributed by atoms with E-state index in [1.165, 1.54) is 6.92 Å². The van der Waals surface area contributed by atoms with Gasteiger partial charge in [0.15, 0.2) is 11.5 Å². The summed E-state index contributed by atoms with van der Waals surface area (Å²) in [5, 5.41) is 4.47. The quantitative estimate of drug-likeness (QED) is 0.230. The second kappa shape index (κ2) is 9.97. The van der Waals surface area contributed by atoms with Crippen molar-refractivity contribution in [3.05, 3.63) is 59.5 Å². The first-order valence-electron chi connectivity index (χ1n) is 11.7. The zero-order valence-electron chi connectivity index (χ0n) is 20.5. The van der Waals surface area contributed by atoms with Crippen molar-refractivity contribution in [2.75, 3.05) is 26.3 Å². The lowest BCUT2D eigenvalue weighted by molar-refractivity contribution is -0.140. The molecule has 1 saturated heterocycles. The summed E-state index contributed by atoms with van der Waals surface area (Å²) >= 11 is 0. The van der Waals surface area contributed by atoms with Crippen LogP contribution in [-0.4, -0.2) is 69.5 Å². The molecule has 3 heterocycles. The third-order valence-electron chi connectivity index (χ3n) is 6.42. The number of aromatic amines is 1. The molecular weight excluding hydrogens is 448 g/mol. The standard InChI is InChI=1S/C26H30N4O5/c1-5-29-16-20(24(32)23(28-35-17(2)31)21-7-6-10-27-21)19-15-18(8-9-22(19)29)25(33)26(3,4)30-11-13-34-14-12-30/h6-10,15-16,27H,5,11-14H2,1-4H3/b28-23+. The first-order chi connectivity index (χ1) is 16.7. The Morgan fingerprint density at radius 1 is 1.17 bits per heavy atom. The van der Waals surface area contributed by atoms with Crippen molar-refractivity contribution in [1.82, 2.24) is 14.5 Å². The number of nitrogens with zero attached hydrogens (tertiary/aromatic N) is 3. The zero-order valence-corrected chi connectivity index (χ0v) is 20.5. The van der Waals surface area contributed by atoms with Crippen LogP contribution in [0.2, 0.25) is 0 Å². The Morgan fingerprint density at radius 3 is 2.54 bits per heavy atom. The Kier molecular flexibility index (Phi) is 7.00. The van der Waals surface area contributed by atoms with E-state index in [0.29, 0.717) is 55.1 Å². The Labute approximate surface area is 203 Å². The molecule has 4 rings (SSSR count). The molecule has 184 valence electrons. The van der Waals surface area contributed by atoms with Crippen LogP contribution in [0.25, 0.3) is 10.9 Å². The van der Waals surface area contributed by atoms with Gasteiger partial charge in [0.25, 0.3) is 0 Å². The molecule has 3 aromatic rings. The summed E-state index contributed by atoms with van der Waals surface area (Å²) in [6, 6.07) is 8.87. The molecule has 1 aliphatic heterocycles. The van der Waals surface area contributed by atoms with E-state index in [4.69, 9.17) is 9.57 Å². The van der Waals surface area contributed by atoms with E-state index in [1.54, 1.807) is 30.6 Å². The van der Waals surface area contributed by atoms with E-state index < -0.39 is 17.3 Å². The summed E-state index contributed by atoms with van der Waals surface area (Å²) in [5.74, 6) is -1.07. The molecule has 2 aromatic heterocycles. The monoisotopic (exact) mass is 478 g/mol. The van der Waals surface area contributed by atoms with Crippen molar-refractivity contribution in [2.45, 2.75) is 39.8 Å². The molecule has 0 aliphatic carbocycles. The van der Waals surface area contributed by atoms with Crippen LogP contribution in [0.4, 0.5) is 0 Å². The molecule has 0 bridgehead atoms. The van der Waals surface area contributed by atoms with Gasteiger partial charge < -0.3 is 19.1 Å². The second-order valence-corrected chi connectivity index (χ2v) is 8.98. The van der Waals surface area contributed by atoms with E-state index in [2.05, 4.69) is 15.0 Å². The number of carbonyl (C=O) groups is 3. The van der Waals surface area contributed by atoms with Crippen LogP contribution in [0.3, 0.4) is 0 Å². The van der Waals surface area contributed by atoms with Crippen molar-refractivity contribution in [1.29, 1.82) is 0 Å². The van der Waals surface area contributed by atoms with Gasteiger partial charge >= 0.3 is 5.97 Å². The number of ketones is 2. The fourth-order valence-electron chi connectivity index (χ4n) is 4.43. The Balaban J connectivity index is 1.78. The number of ether oxygens (including phenoxy) is 1. The first-order valence-corrected chi connectivity index (χ1v) is 11.7. The van der Waals surface area contributed by atoms with E-state index in [9.17, 15) is 14.4 Å². The number of aromatic nitrogens is 2. The van der Waals surface area contributed by atoms with Crippen molar-refractivity contribution in [2.24, 2.45) is 5.16 Å². The van der Waals surface area contributed by atoms with Crippen molar-refractivity contribution < 1.29 is 24.0 Å². The van der Waals surface area contributed by atoms with Gasteiger partial charge in [0, 0.05) is 61.0 Å². The number of hydrogen-bond acceptors (Lipinski definition) is 7. The summed E-state index contributed by atoms with van der Waals surface area (Å²) in [7, 11) is 0. The van der Waals surface area contributed by atoms with Crippen LogP contribution in [0.1, 0.15) is 54.1 Å². The molecule has 1 aromatic carbocycles. The fourth-order valence-corrected chi connectivity index (χ4v) is 4.43. The van der Waals surface area contributed by atoms with Gasteiger partial charge in [0.1, 0.15) is 0 Å². The number of H-pyrrole nitrogens is 1. The zero-order chi connectivity index (χ0) is 25.2. The number of aryl methyl sites for hydroxylation is 1. The highest BCUT2D eigenvalue weighted by Gasteiger charge is 2.36. The van der Waals surface area contributed by atoms with Crippen molar-refractivity contribution in [3.63, 3.8) is 0 Å². The third kappa shape index (κ3) is 4.82. The van der Waals surface area contributed by atoms with Gasteiger partial charge in [-0.25, -0.2) is 4.79 Å². The molecule has 0 unspecified atom stereocenters. The SMILES string of the molecule is CCn1cc(C(=O)/C(=N/OC(C)=O)c2ccc[nH]2)c2cc(C(=O)C(C)(C)N3CCOCC3)ccc21. The predicted molar refractivity (Wildman–Crippen MR) is 132 cm³/mol. The summed E-state index contributed by atoms with van der Waals surface area (Å²) in [6.45, 7) is 10.2. The number of carbonyl (C=O) groups excluding carboxylic acids is 3. The van der Waals surface area contributed by atoms with Gasteiger partial charge in [-0.15, -0.1) is 0 Å². The Bertz CT molecular complexity index is 1280. The number of rotatable bonds is 8. The number of fused-ring (bicyclic) bond motifs is 1. The van der Waals surface area contributed by atoms with Gasteiger partial charge in [0.2, 0.25) is 5.78 Å². The number of morpholine rings is 1. The number of benzene rings is 1. The molecule has 1 N–H and O–H groups in total. The highest BCUT2D eigenvalue weighted by molar-refractivity contribution is 6.52. The number of Topliss-reactive ketones (excluding diaryl/α,β-unsaturated/α-hetero) is 2. The van der Waals surface area contributed by atoms with Crippen LogP contribution >= 0.6 is 0 Å². The van der Waals surface area contributed by atoms with E-state index >= 15 is 0 Å². The molecular formula is C26H30N4O5. The molecule has 0 radical (unpaired) electrons. The first kappa shape index (κ1) is 24.6. The summed E-state index contributed by atoms with van der Waals surface area (Å²) < 4.78 is 7.39. The number of hydrogen-bond donors (Lipinski definition) is 1. The van der Waals surface area contributed by atoms with Crippen molar-refractivity contribution in [3.8, 4) is 0 Å². The van der Waals surface area contributed by atoms with Crippen molar-refractivity contribution >= 4 is 34.2 Å². The predicted octanol–water partition coefficient (Wildman–Crippen LogP) is 3.43. The lowest BCUT2D eigenvalue weighted by Crippen LogP contribution is -2.54. The van der Waals surface area contributed by atoms with E-state index in [-0.39, 0.29) is 11.5 Å². The molecule has 35 heavy (non-hydrogen) atoms. The average molecular weight is 479 g/mol. The van der Waals surface area contributed by atoms with E-state index in [1.807, 2.05) is 37.5 Å². The largest absolute Gasteiger partial charge is 0.379 e. The van der Waals surface area contributed by atoms with Crippen LogP contribution < -0.4 is 0 Å². The normalized spacial score (nSPS) is 15.4. The summed E-state index contributed by atoms with van der Waals surface area (Å²) in [5.41, 5.74) is 1.41. The van der Waals surface area contributed by atoms with Gasteiger partial charge in [-0.2, -0.15) is 0 Å². The molecule has 0 amide bonds. The lowest BCUT2D eigenvalue weighted by Gasteiger charge is -2.39. The maximum Gasteiger partial charge on any atom is 0.332 e.